The highest BCUT2D eigenvalue weighted by atomic mass is 32.2. The van der Waals surface area contributed by atoms with Crippen molar-refractivity contribution in [1.29, 1.82) is 0 Å². The fraction of sp³-hybridized carbons (Fsp3) is 0.188. The van der Waals surface area contributed by atoms with E-state index in [1.54, 1.807) is 11.8 Å². The predicted octanol–water partition coefficient (Wildman–Crippen LogP) is 7.03. The summed E-state index contributed by atoms with van der Waals surface area (Å²) in [7, 11) is 1.99. The largest absolute Gasteiger partial charge is 0.354 e. The third kappa shape index (κ3) is 6.56. The van der Waals surface area contributed by atoms with Gasteiger partial charge in [-0.3, -0.25) is 14.5 Å². The van der Waals surface area contributed by atoms with E-state index in [2.05, 4.69) is 66.0 Å². The van der Waals surface area contributed by atoms with E-state index in [-0.39, 0.29) is 5.91 Å². The Morgan fingerprint density at radius 3 is 1.64 bits per heavy atom. The first-order valence-electron chi connectivity index (χ1n) is 13.3. The Morgan fingerprint density at radius 1 is 0.744 bits per heavy atom. The summed E-state index contributed by atoms with van der Waals surface area (Å²) in [5, 5.41) is 5.46. The fourth-order valence-corrected chi connectivity index (χ4v) is 6.30. The number of fused-ring (bicyclic) bond motifs is 4. The maximum Gasteiger partial charge on any atom is 0.237 e. The number of nitrogens with zero attached hydrogens (tertiary/aromatic N) is 1. The number of nitrogens with two attached hydrogens (primary N) is 1. The summed E-state index contributed by atoms with van der Waals surface area (Å²) in [6.45, 7) is 0.812. The van der Waals surface area contributed by atoms with Gasteiger partial charge < -0.3 is 10.6 Å². The lowest BCUT2D eigenvalue weighted by molar-refractivity contribution is -0.625. The summed E-state index contributed by atoms with van der Waals surface area (Å²) in [6, 6.07) is 32.9. The van der Waals surface area contributed by atoms with Crippen molar-refractivity contribution in [2.45, 2.75) is 45.3 Å². The molecule has 1 fully saturated rings. The van der Waals surface area contributed by atoms with E-state index in [1.807, 2.05) is 65.4 Å². The predicted molar refractivity (Wildman–Crippen MR) is 161 cm³/mol. The molecule has 5 nitrogen and oxygen atoms in total. The zero-order valence-corrected chi connectivity index (χ0v) is 23.6. The van der Waals surface area contributed by atoms with Gasteiger partial charge in [-0.2, -0.15) is 0 Å². The van der Waals surface area contributed by atoms with Crippen LogP contribution in [0.4, 0.5) is 22.7 Å². The van der Waals surface area contributed by atoms with Gasteiger partial charge in [0.05, 0.1) is 42.8 Å². The zero-order valence-electron chi connectivity index (χ0n) is 21.9. The van der Waals surface area contributed by atoms with Crippen molar-refractivity contribution in [1.82, 2.24) is 0 Å². The number of para-hydroxylation sites is 4. The van der Waals surface area contributed by atoms with Gasteiger partial charge in [-0.1, -0.05) is 72.1 Å². The minimum absolute atomic E-state index is 0.156. The Hall–Kier alpha value is -3.52. The second-order valence-electron chi connectivity index (χ2n) is 9.33. The fourth-order valence-electron chi connectivity index (χ4n) is 4.26. The summed E-state index contributed by atoms with van der Waals surface area (Å²) in [6.07, 6.45) is 3.38. The number of ketones is 1. The molecule has 0 unspecified atom stereocenters. The summed E-state index contributed by atoms with van der Waals surface area (Å²) in [5.41, 5.74) is 4.40. The number of Topliss-reactive ketones (excluding diaryl/α,β-unsaturated/α-hetero) is 1. The van der Waals surface area contributed by atoms with Crippen LogP contribution in [0.3, 0.4) is 0 Å². The van der Waals surface area contributed by atoms with Crippen LogP contribution in [0.5, 0.6) is 0 Å². The Labute approximate surface area is 238 Å². The zero-order chi connectivity index (χ0) is 27.0. The van der Waals surface area contributed by atoms with E-state index in [0.29, 0.717) is 12.2 Å². The van der Waals surface area contributed by atoms with Crippen LogP contribution < -0.4 is 15.5 Å². The molecule has 3 N–H and O–H groups in total. The number of quaternary nitrogens is 1. The molecule has 198 valence electrons. The lowest BCUT2D eigenvalue weighted by atomic mass is 9.99. The molecule has 1 saturated carbocycles. The van der Waals surface area contributed by atoms with Crippen LogP contribution in [-0.2, 0) is 9.59 Å². The van der Waals surface area contributed by atoms with E-state index in [1.165, 1.54) is 21.2 Å². The van der Waals surface area contributed by atoms with Crippen molar-refractivity contribution in [3.8, 4) is 0 Å². The molecular weight excluding hydrogens is 523 g/mol. The molecule has 0 atom stereocenters. The standard InChI is InChI=1S/C16H16N2OS.C12H9NS.C4H6O/c1-17-11-10-16(19)18-12-6-2-4-8-14(12)20-15-9-5-3-7-13(15)18;1-3-7-11-9(5-1)13-10-6-2-4-8-12(10)14-11;5-4-2-1-3-4/h2-9,17H,10-11H2,1H3;1-8,13H;1-3H2/p+1. The number of carbonyl (C=O) groups is 2. The van der Waals surface area contributed by atoms with Gasteiger partial charge in [0, 0.05) is 32.4 Å². The molecule has 2 aliphatic heterocycles. The Morgan fingerprint density at radius 2 is 1.18 bits per heavy atom. The third-order valence-corrected chi connectivity index (χ3v) is 8.79. The summed E-state index contributed by atoms with van der Waals surface area (Å²) in [4.78, 5) is 29.2. The molecule has 1 amide bonds. The van der Waals surface area contributed by atoms with Crippen molar-refractivity contribution in [2.75, 3.05) is 23.8 Å². The first-order valence-corrected chi connectivity index (χ1v) is 14.9. The van der Waals surface area contributed by atoms with Crippen LogP contribution in [0, 0.1) is 0 Å². The summed E-state index contributed by atoms with van der Waals surface area (Å²) in [5.74, 6) is 0.591. The van der Waals surface area contributed by atoms with Gasteiger partial charge >= 0.3 is 0 Å². The second kappa shape index (κ2) is 13.0. The third-order valence-electron chi connectivity index (χ3n) is 6.50. The molecule has 4 aromatic rings. The maximum atomic E-state index is 12.6. The van der Waals surface area contributed by atoms with Crippen LogP contribution in [0.1, 0.15) is 25.7 Å². The molecule has 0 bridgehead atoms. The molecule has 3 aliphatic rings. The number of nitrogens with one attached hydrogen (secondary N) is 1. The number of benzene rings is 4. The van der Waals surface area contributed by atoms with E-state index in [4.69, 9.17) is 0 Å². The van der Waals surface area contributed by atoms with E-state index >= 15 is 0 Å². The van der Waals surface area contributed by atoms with Gasteiger partial charge in [0.25, 0.3) is 0 Å². The number of hydrogen-bond acceptors (Lipinski definition) is 5. The molecule has 4 aromatic carbocycles. The maximum absolute atomic E-state index is 12.6. The molecule has 0 spiro atoms. The van der Waals surface area contributed by atoms with Gasteiger partial charge in [-0.25, -0.2) is 0 Å². The van der Waals surface area contributed by atoms with Crippen molar-refractivity contribution < 1.29 is 14.9 Å². The summed E-state index contributed by atoms with van der Waals surface area (Å²) >= 11 is 3.55. The number of hydrogen-bond donors (Lipinski definition) is 2. The number of amides is 1. The van der Waals surface area contributed by atoms with Crippen LogP contribution in [0.25, 0.3) is 0 Å². The van der Waals surface area contributed by atoms with E-state index in [0.717, 1.165) is 47.0 Å². The smallest absolute Gasteiger partial charge is 0.237 e. The van der Waals surface area contributed by atoms with Gasteiger partial charge in [0.15, 0.2) is 0 Å². The highest BCUT2D eigenvalue weighted by Crippen LogP contribution is 2.48. The number of carbonyl (C=O) groups excluding carboxylic acids is 2. The molecule has 0 radical (unpaired) electrons. The van der Waals surface area contributed by atoms with Gasteiger partial charge in [0.1, 0.15) is 5.78 Å². The van der Waals surface area contributed by atoms with Crippen LogP contribution in [0.2, 0.25) is 0 Å². The molecule has 7 rings (SSSR count). The highest BCUT2D eigenvalue weighted by Gasteiger charge is 2.27. The molecule has 39 heavy (non-hydrogen) atoms. The van der Waals surface area contributed by atoms with Crippen LogP contribution in [0.15, 0.2) is 117 Å². The minimum Gasteiger partial charge on any atom is -0.354 e. The Balaban J connectivity index is 0.000000139. The van der Waals surface area contributed by atoms with E-state index < -0.39 is 0 Å². The number of rotatable bonds is 3. The first kappa shape index (κ1) is 27.1. The molecule has 2 heterocycles. The monoisotopic (exact) mass is 554 g/mol. The van der Waals surface area contributed by atoms with Crippen LogP contribution >= 0.6 is 23.5 Å². The second-order valence-corrected chi connectivity index (χ2v) is 11.5. The van der Waals surface area contributed by atoms with Crippen molar-refractivity contribution in [3.63, 3.8) is 0 Å². The van der Waals surface area contributed by atoms with Gasteiger partial charge in [0.2, 0.25) is 5.91 Å². The Bertz CT molecular complexity index is 1330. The molecule has 0 saturated heterocycles. The quantitative estimate of drug-likeness (QED) is 0.251. The SMILES string of the molecule is C[NH2+]CCC(=O)N1c2ccccc2Sc2ccccc21.O=C1CCC1.c1ccc2c(c1)Nc1ccccc1S2. The molecule has 1 aliphatic carbocycles. The summed E-state index contributed by atoms with van der Waals surface area (Å²) < 4.78 is 0. The van der Waals surface area contributed by atoms with Crippen molar-refractivity contribution in [2.24, 2.45) is 0 Å². The van der Waals surface area contributed by atoms with Crippen LogP contribution in [-0.4, -0.2) is 25.3 Å². The molecule has 7 heteroatoms. The average Bonchev–Trinajstić information content (AvgIpc) is 2.97. The van der Waals surface area contributed by atoms with Gasteiger partial charge in [-0.15, -0.1) is 0 Å². The van der Waals surface area contributed by atoms with Crippen molar-refractivity contribution >= 4 is 58.0 Å². The lowest BCUT2D eigenvalue weighted by Crippen LogP contribution is -2.80. The highest BCUT2D eigenvalue weighted by molar-refractivity contribution is 8.00. The molecular formula is C32H32N3O2S2+. The normalized spacial score (nSPS) is 13.9. The molecule has 0 aromatic heterocycles. The average molecular weight is 555 g/mol. The minimum atomic E-state index is 0.156. The number of anilines is 4. The topological polar surface area (TPSA) is 66.0 Å². The van der Waals surface area contributed by atoms with E-state index in [9.17, 15) is 9.59 Å². The lowest BCUT2D eigenvalue weighted by Gasteiger charge is -2.30. The van der Waals surface area contributed by atoms with Crippen molar-refractivity contribution in [3.05, 3.63) is 97.1 Å². The first-order chi connectivity index (χ1) is 19.1. The Kier molecular flexibility index (Phi) is 9.04. The van der Waals surface area contributed by atoms with Gasteiger partial charge in [-0.05, 0) is 55.0 Å².